The molecule has 0 spiro atoms. The highest BCUT2D eigenvalue weighted by molar-refractivity contribution is 9.11. The lowest BCUT2D eigenvalue weighted by atomic mass is 10.0. The van der Waals surface area contributed by atoms with Gasteiger partial charge in [0.25, 0.3) is 0 Å². The smallest absolute Gasteiger partial charge is 0.00689 e. The first-order valence-electron chi connectivity index (χ1n) is 5.68. The molecule has 0 atom stereocenters. The zero-order valence-electron chi connectivity index (χ0n) is 9.41. The molecular formula is C12H22Br2. The second-order valence-corrected chi connectivity index (χ2v) is 5.40. The number of rotatable bonds is 8. The molecule has 0 radical (unpaired) electrons. The van der Waals surface area contributed by atoms with Gasteiger partial charge in [0.15, 0.2) is 0 Å². The summed E-state index contributed by atoms with van der Waals surface area (Å²) in [5, 5.41) is 1.09. The molecule has 0 amide bonds. The van der Waals surface area contributed by atoms with Gasteiger partial charge < -0.3 is 0 Å². The molecule has 0 aliphatic heterocycles. The highest BCUT2D eigenvalue weighted by Crippen LogP contribution is 2.25. The van der Waals surface area contributed by atoms with Crippen LogP contribution in [0.15, 0.2) is 10.1 Å². The van der Waals surface area contributed by atoms with Crippen LogP contribution in [-0.2, 0) is 0 Å². The van der Waals surface area contributed by atoms with Crippen LogP contribution in [0.4, 0.5) is 0 Å². The van der Waals surface area contributed by atoms with E-state index in [1.807, 2.05) is 0 Å². The molecule has 14 heavy (non-hydrogen) atoms. The van der Waals surface area contributed by atoms with E-state index >= 15 is 0 Å². The van der Waals surface area contributed by atoms with E-state index in [1.165, 1.54) is 49.4 Å². The van der Waals surface area contributed by atoms with Crippen LogP contribution < -0.4 is 0 Å². The number of alkyl halides is 1. The average Bonchev–Trinajstić information content (AvgIpc) is 2.20. The van der Waals surface area contributed by atoms with Gasteiger partial charge >= 0.3 is 0 Å². The maximum Gasteiger partial charge on any atom is 0.00689 e. The number of hydrogen-bond acceptors (Lipinski definition) is 0. The fourth-order valence-electron chi connectivity index (χ4n) is 1.41. The predicted octanol–water partition coefficient (Wildman–Crippen LogP) is 5.80. The van der Waals surface area contributed by atoms with Crippen LogP contribution in [-0.4, -0.2) is 5.33 Å². The van der Waals surface area contributed by atoms with E-state index in [0.717, 1.165) is 5.33 Å². The molecule has 0 N–H and O–H groups in total. The van der Waals surface area contributed by atoms with Crippen molar-refractivity contribution in [3.8, 4) is 0 Å². The van der Waals surface area contributed by atoms with Crippen molar-refractivity contribution in [1.29, 1.82) is 0 Å². The van der Waals surface area contributed by atoms with Crippen LogP contribution in [0, 0.1) is 0 Å². The molecular weight excluding hydrogens is 304 g/mol. The van der Waals surface area contributed by atoms with Crippen LogP contribution in [0.5, 0.6) is 0 Å². The molecule has 0 unspecified atom stereocenters. The van der Waals surface area contributed by atoms with Gasteiger partial charge in [0.05, 0.1) is 0 Å². The standard InChI is InChI=1S/C12H22Br2/c1-3-5-7-11(9-10-13)12(14)8-6-4-2/h3-10H2,1-2H3/b12-11-. The molecule has 0 aliphatic carbocycles. The monoisotopic (exact) mass is 324 g/mol. The summed E-state index contributed by atoms with van der Waals surface area (Å²) in [6.07, 6.45) is 8.89. The third-order valence-electron chi connectivity index (χ3n) is 2.36. The first kappa shape index (κ1) is 14.7. The lowest BCUT2D eigenvalue weighted by Gasteiger charge is -2.09. The second-order valence-electron chi connectivity index (χ2n) is 3.65. The number of hydrogen-bond donors (Lipinski definition) is 0. The normalized spacial score (nSPS) is 12.9. The fourth-order valence-corrected chi connectivity index (χ4v) is 2.56. The summed E-state index contributed by atoms with van der Waals surface area (Å²) in [5.74, 6) is 0. The maximum atomic E-state index is 3.74. The predicted molar refractivity (Wildman–Crippen MR) is 73.4 cm³/mol. The number of halogens is 2. The largest absolute Gasteiger partial charge is 0.0925 e. The molecule has 2 heteroatoms. The second kappa shape index (κ2) is 10.2. The Morgan fingerprint density at radius 3 is 2.00 bits per heavy atom. The summed E-state index contributed by atoms with van der Waals surface area (Å²) in [4.78, 5) is 0. The first-order valence-corrected chi connectivity index (χ1v) is 7.60. The maximum absolute atomic E-state index is 3.74. The van der Waals surface area contributed by atoms with E-state index in [2.05, 4.69) is 45.7 Å². The Morgan fingerprint density at radius 1 is 0.929 bits per heavy atom. The summed E-state index contributed by atoms with van der Waals surface area (Å²) in [7, 11) is 0. The fraction of sp³-hybridized carbons (Fsp3) is 0.833. The van der Waals surface area contributed by atoms with Crippen molar-refractivity contribution in [3.05, 3.63) is 10.1 Å². The van der Waals surface area contributed by atoms with E-state index in [-0.39, 0.29) is 0 Å². The molecule has 84 valence electrons. The Balaban J connectivity index is 4.10. The summed E-state index contributed by atoms with van der Waals surface area (Å²) >= 11 is 7.26. The van der Waals surface area contributed by atoms with Gasteiger partial charge in [0.2, 0.25) is 0 Å². The molecule has 0 heterocycles. The summed E-state index contributed by atoms with van der Waals surface area (Å²) < 4.78 is 1.47. The molecule has 0 bridgehead atoms. The van der Waals surface area contributed by atoms with Crippen molar-refractivity contribution >= 4 is 31.9 Å². The van der Waals surface area contributed by atoms with Crippen LogP contribution in [0.3, 0.4) is 0 Å². The van der Waals surface area contributed by atoms with E-state index in [9.17, 15) is 0 Å². The van der Waals surface area contributed by atoms with Crippen LogP contribution >= 0.6 is 31.9 Å². The van der Waals surface area contributed by atoms with E-state index in [0.29, 0.717) is 0 Å². The third-order valence-corrected chi connectivity index (χ3v) is 3.72. The van der Waals surface area contributed by atoms with Gasteiger partial charge in [-0.3, -0.25) is 0 Å². The first-order chi connectivity index (χ1) is 6.76. The topological polar surface area (TPSA) is 0 Å². The third kappa shape index (κ3) is 7.05. The lowest BCUT2D eigenvalue weighted by Crippen LogP contribution is -1.90. The van der Waals surface area contributed by atoms with Gasteiger partial charge in [-0.05, 0) is 36.6 Å². The Morgan fingerprint density at radius 2 is 1.50 bits per heavy atom. The molecule has 0 aromatic carbocycles. The minimum atomic E-state index is 1.09. The van der Waals surface area contributed by atoms with Gasteiger partial charge in [-0.25, -0.2) is 0 Å². The number of allylic oxidation sites excluding steroid dienone is 2. The highest BCUT2D eigenvalue weighted by Gasteiger charge is 2.03. The summed E-state index contributed by atoms with van der Waals surface area (Å²) in [5.41, 5.74) is 1.62. The minimum absolute atomic E-state index is 1.09. The van der Waals surface area contributed by atoms with Gasteiger partial charge in [-0.15, -0.1) is 0 Å². The Labute approximate surface area is 106 Å². The molecule has 0 saturated heterocycles. The molecule has 0 aromatic heterocycles. The SMILES string of the molecule is CCCC/C(Br)=C(/CCBr)CCCC. The quantitative estimate of drug-likeness (QED) is 0.495. The molecule has 0 nitrogen and oxygen atoms in total. The van der Waals surface area contributed by atoms with Crippen LogP contribution in [0.25, 0.3) is 0 Å². The van der Waals surface area contributed by atoms with Gasteiger partial charge in [0.1, 0.15) is 0 Å². The van der Waals surface area contributed by atoms with Gasteiger partial charge in [0, 0.05) is 5.33 Å². The molecule has 0 rings (SSSR count). The Bertz CT molecular complexity index is 162. The zero-order chi connectivity index (χ0) is 10.8. The van der Waals surface area contributed by atoms with Crippen LogP contribution in [0.1, 0.15) is 58.8 Å². The van der Waals surface area contributed by atoms with Crippen LogP contribution in [0.2, 0.25) is 0 Å². The van der Waals surface area contributed by atoms with Crippen molar-refractivity contribution in [3.63, 3.8) is 0 Å². The van der Waals surface area contributed by atoms with E-state index in [1.54, 1.807) is 5.57 Å². The Kier molecular flexibility index (Phi) is 10.7. The average molecular weight is 326 g/mol. The van der Waals surface area contributed by atoms with Crippen molar-refractivity contribution in [2.75, 3.05) is 5.33 Å². The minimum Gasteiger partial charge on any atom is -0.0925 e. The highest BCUT2D eigenvalue weighted by atomic mass is 79.9. The summed E-state index contributed by atoms with van der Waals surface area (Å²) in [6, 6.07) is 0. The van der Waals surface area contributed by atoms with Crippen molar-refractivity contribution in [1.82, 2.24) is 0 Å². The van der Waals surface area contributed by atoms with Gasteiger partial charge in [-0.1, -0.05) is 64.1 Å². The number of unbranched alkanes of at least 4 members (excludes halogenated alkanes) is 2. The van der Waals surface area contributed by atoms with Crippen molar-refractivity contribution in [2.24, 2.45) is 0 Å². The zero-order valence-corrected chi connectivity index (χ0v) is 12.6. The summed E-state index contributed by atoms with van der Waals surface area (Å²) in [6.45, 7) is 4.50. The van der Waals surface area contributed by atoms with E-state index in [4.69, 9.17) is 0 Å². The molecule has 0 aliphatic rings. The van der Waals surface area contributed by atoms with Crippen molar-refractivity contribution in [2.45, 2.75) is 58.8 Å². The Hall–Kier alpha value is 0.700. The lowest BCUT2D eigenvalue weighted by molar-refractivity contribution is 0.747. The molecule has 0 fully saturated rings. The molecule has 0 aromatic rings. The molecule has 0 saturated carbocycles. The van der Waals surface area contributed by atoms with Gasteiger partial charge in [-0.2, -0.15) is 0 Å². The van der Waals surface area contributed by atoms with Crippen molar-refractivity contribution < 1.29 is 0 Å². The van der Waals surface area contributed by atoms with E-state index < -0.39 is 0 Å².